The van der Waals surface area contributed by atoms with Gasteiger partial charge in [0.2, 0.25) is 0 Å². The van der Waals surface area contributed by atoms with E-state index in [9.17, 15) is 0 Å². The molecule has 1 saturated heterocycles. The van der Waals surface area contributed by atoms with Crippen LogP contribution in [0.4, 0.5) is 0 Å². The van der Waals surface area contributed by atoms with Crippen LogP contribution in [-0.4, -0.2) is 23.1 Å². The normalized spacial score (nSPS) is 17.9. The largest absolute Gasteiger partial charge is 0.315 e. The van der Waals surface area contributed by atoms with Gasteiger partial charge in [0, 0.05) is 19.0 Å². The van der Waals surface area contributed by atoms with Crippen LogP contribution in [0.5, 0.6) is 0 Å². The molecule has 11 heavy (non-hydrogen) atoms. The number of nitrogens with one attached hydrogen (secondary N) is 1. The minimum absolute atomic E-state index is 0.579. The molecule has 58 valence electrons. The van der Waals surface area contributed by atoms with E-state index in [0.717, 1.165) is 23.4 Å². The molecule has 1 aromatic heterocycles. The first-order valence-corrected chi connectivity index (χ1v) is 4.34. The predicted molar refractivity (Wildman–Crippen MR) is 45.3 cm³/mol. The van der Waals surface area contributed by atoms with E-state index in [4.69, 9.17) is 0 Å². The van der Waals surface area contributed by atoms with E-state index in [2.05, 4.69) is 31.2 Å². The van der Waals surface area contributed by atoms with Crippen molar-refractivity contribution >= 4 is 15.9 Å². The average molecular weight is 214 g/mol. The highest BCUT2D eigenvalue weighted by Crippen LogP contribution is 2.16. The molecule has 1 aromatic rings. The van der Waals surface area contributed by atoms with Gasteiger partial charge in [0.05, 0.1) is 18.1 Å². The molecule has 2 heterocycles. The van der Waals surface area contributed by atoms with Crippen molar-refractivity contribution in [3.05, 3.63) is 22.7 Å². The number of aromatic nitrogens is 2. The Hall–Kier alpha value is -0.480. The van der Waals surface area contributed by atoms with Crippen molar-refractivity contribution in [2.75, 3.05) is 13.1 Å². The van der Waals surface area contributed by atoms with Crippen molar-refractivity contribution in [2.45, 2.75) is 5.92 Å². The number of rotatable bonds is 1. The molecule has 1 fully saturated rings. The topological polar surface area (TPSA) is 37.8 Å². The summed E-state index contributed by atoms with van der Waals surface area (Å²) in [6.07, 6.45) is 3.57. The Morgan fingerprint density at radius 1 is 1.36 bits per heavy atom. The lowest BCUT2D eigenvalue weighted by atomic mass is 10.0. The minimum Gasteiger partial charge on any atom is -0.315 e. The van der Waals surface area contributed by atoms with E-state index in [1.807, 2.05) is 6.20 Å². The molecule has 3 nitrogen and oxygen atoms in total. The summed E-state index contributed by atoms with van der Waals surface area (Å²) in [5.41, 5.74) is 1.09. The standard InChI is InChI=1S/C7H8BrN3/c8-7-4-10-6(3-11-7)5-1-9-2-5/h3-5,9H,1-2H2. The molecule has 0 radical (unpaired) electrons. The van der Waals surface area contributed by atoms with E-state index in [0.29, 0.717) is 5.92 Å². The highest BCUT2D eigenvalue weighted by molar-refractivity contribution is 9.10. The molecule has 0 atom stereocenters. The van der Waals surface area contributed by atoms with Crippen LogP contribution >= 0.6 is 15.9 Å². The fraction of sp³-hybridized carbons (Fsp3) is 0.429. The molecule has 0 saturated carbocycles. The first kappa shape index (κ1) is 7.18. The molecule has 1 aliphatic heterocycles. The minimum atomic E-state index is 0.579. The second kappa shape index (κ2) is 2.87. The number of hydrogen-bond acceptors (Lipinski definition) is 3. The Balaban J connectivity index is 2.18. The Kier molecular flexibility index (Phi) is 1.87. The van der Waals surface area contributed by atoms with Crippen molar-refractivity contribution in [3.8, 4) is 0 Å². The second-order valence-corrected chi connectivity index (χ2v) is 3.43. The van der Waals surface area contributed by atoms with Crippen molar-refractivity contribution in [1.29, 1.82) is 0 Å². The average Bonchev–Trinajstić information content (AvgIpc) is 1.90. The van der Waals surface area contributed by atoms with Gasteiger partial charge in [-0.15, -0.1) is 0 Å². The van der Waals surface area contributed by atoms with Crippen LogP contribution in [0.3, 0.4) is 0 Å². The Morgan fingerprint density at radius 3 is 2.64 bits per heavy atom. The highest BCUT2D eigenvalue weighted by Gasteiger charge is 2.19. The van der Waals surface area contributed by atoms with Gasteiger partial charge in [-0.2, -0.15) is 0 Å². The number of hydrogen-bond donors (Lipinski definition) is 1. The smallest absolute Gasteiger partial charge is 0.124 e. The zero-order valence-electron chi connectivity index (χ0n) is 5.92. The predicted octanol–water partition coefficient (Wildman–Crippen LogP) is 0.926. The maximum absolute atomic E-state index is 4.25. The van der Waals surface area contributed by atoms with Crippen molar-refractivity contribution in [1.82, 2.24) is 15.3 Å². The quantitative estimate of drug-likeness (QED) is 0.755. The Morgan fingerprint density at radius 2 is 2.18 bits per heavy atom. The zero-order valence-corrected chi connectivity index (χ0v) is 7.50. The first-order valence-electron chi connectivity index (χ1n) is 3.54. The highest BCUT2D eigenvalue weighted by atomic mass is 79.9. The molecule has 0 aromatic carbocycles. The van der Waals surface area contributed by atoms with Crippen LogP contribution in [0, 0.1) is 0 Å². The molecule has 4 heteroatoms. The summed E-state index contributed by atoms with van der Waals surface area (Å²) < 4.78 is 0.800. The molecule has 0 unspecified atom stereocenters. The summed E-state index contributed by atoms with van der Waals surface area (Å²) in [7, 11) is 0. The van der Waals surface area contributed by atoms with Crippen LogP contribution < -0.4 is 5.32 Å². The van der Waals surface area contributed by atoms with Crippen molar-refractivity contribution in [3.63, 3.8) is 0 Å². The fourth-order valence-electron chi connectivity index (χ4n) is 1.03. The van der Waals surface area contributed by atoms with E-state index in [1.54, 1.807) is 6.20 Å². The third kappa shape index (κ3) is 1.41. The van der Waals surface area contributed by atoms with Gasteiger partial charge in [0.25, 0.3) is 0 Å². The van der Waals surface area contributed by atoms with Crippen LogP contribution in [0.1, 0.15) is 11.6 Å². The fourth-order valence-corrected chi connectivity index (χ4v) is 1.24. The van der Waals surface area contributed by atoms with Gasteiger partial charge in [-0.05, 0) is 15.9 Å². The van der Waals surface area contributed by atoms with Crippen LogP contribution in [0.25, 0.3) is 0 Å². The van der Waals surface area contributed by atoms with Gasteiger partial charge in [-0.25, -0.2) is 4.98 Å². The number of nitrogens with zero attached hydrogens (tertiary/aromatic N) is 2. The maximum atomic E-state index is 4.25. The molecule has 0 spiro atoms. The monoisotopic (exact) mass is 213 g/mol. The van der Waals surface area contributed by atoms with Crippen LogP contribution in [0.15, 0.2) is 17.0 Å². The molecular weight excluding hydrogens is 206 g/mol. The van der Waals surface area contributed by atoms with Gasteiger partial charge < -0.3 is 5.32 Å². The second-order valence-electron chi connectivity index (χ2n) is 2.62. The summed E-state index contributed by atoms with van der Waals surface area (Å²) >= 11 is 3.25. The SMILES string of the molecule is Brc1cnc(C2CNC2)cn1. The van der Waals surface area contributed by atoms with E-state index in [1.165, 1.54) is 0 Å². The molecule has 0 aliphatic carbocycles. The Labute approximate surface area is 73.4 Å². The lowest BCUT2D eigenvalue weighted by Gasteiger charge is -2.25. The zero-order chi connectivity index (χ0) is 7.68. The van der Waals surface area contributed by atoms with E-state index in [-0.39, 0.29) is 0 Å². The lowest BCUT2D eigenvalue weighted by molar-refractivity contribution is 0.438. The summed E-state index contributed by atoms with van der Waals surface area (Å²) in [4.78, 5) is 8.36. The molecular formula is C7H8BrN3. The van der Waals surface area contributed by atoms with Crippen molar-refractivity contribution in [2.24, 2.45) is 0 Å². The molecule has 2 rings (SSSR count). The van der Waals surface area contributed by atoms with Crippen LogP contribution in [0.2, 0.25) is 0 Å². The van der Waals surface area contributed by atoms with E-state index < -0.39 is 0 Å². The summed E-state index contributed by atoms with van der Waals surface area (Å²) in [6, 6.07) is 0. The number of halogens is 1. The third-order valence-electron chi connectivity index (χ3n) is 1.84. The van der Waals surface area contributed by atoms with Gasteiger partial charge in [-0.3, -0.25) is 4.98 Å². The van der Waals surface area contributed by atoms with Crippen molar-refractivity contribution < 1.29 is 0 Å². The summed E-state index contributed by atoms with van der Waals surface area (Å²) in [6.45, 7) is 2.08. The van der Waals surface area contributed by atoms with E-state index >= 15 is 0 Å². The van der Waals surface area contributed by atoms with Gasteiger partial charge in [0.15, 0.2) is 0 Å². The first-order chi connectivity index (χ1) is 5.36. The van der Waals surface area contributed by atoms with Gasteiger partial charge >= 0.3 is 0 Å². The maximum Gasteiger partial charge on any atom is 0.124 e. The van der Waals surface area contributed by atoms with Crippen LogP contribution in [-0.2, 0) is 0 Å². The molecule has 0 bridgehead atoms. The molecule has 0 amide bonds. The summed E-state index contributed by atoms with van der Waals surface area (Å²) in [5.74, 6) is 0.579. The van der Waals surface area contributed by atoms with Gasteiger partial charge in [0.1, 0.15) is 4.60 Å². The third-order valence-corrected chi connectivity index (χ3v) is 2.25. The summed E-state index contributed by atoms with van der Waals surface area (Å²) in [5, 5.41) is 3.19. The Bertz CT molecular complexity index is 242. The lowest BCUT2D eigenvalue weighted by Crippen LogP contribution is -2.40. The molecule has 1 aliphatic rings. The molecule has 1 N–H and O–H groups in total. The van der Waals surface area contributed by atoms with Gasteiger partial charge in [-0.1, -0.05) is 0 Å².